The minimum Gasteiger partial charge on any atom is -0.493 e. The van der Waals surface area contributed by atoms with Crippen molar-refractivity contribution in [2.45, 2.75) is 13.5 Å². The molecule has 4 nitrogen and oxygen atoms in total. The SMILES string of the molecule is COc1cc(C)ccc1Oc1ccc(CN)cn1. The summed E-state index contributed by atoms with van der Waals surface area (Å²) in [6.45, 7) is 2.47. The molecule has 0 spiro atoms. The predicted octanol–water partition coefficient (Wildman–Crippen LogP) is 2.65. The first kappa shape index (κ1) is 12.4. The summed E-state index contributed by atoms with van der Waals surface area (Å²) in [4.78, 5) is 4.18. The molecule has 2 aromatic rings. The highest BCUT2D eigenvalue weighted by molar-refractivity contribution is 5.44. The first-order valence-corrected chi connectivity index (χ1v) is 5.70. The van der Waals surface area contributed by atoms with Crippen molar-refractivity contribution in [1.82, 2.24) is 4.98 Å². The molecule has 0 amide bonds. The first-order valence-electron chi connectivity index (χ1n) is 5.70. The van der Waals surface area contributed by atoms with E-state index >= 15 is 0 Å². The molecule has 0 saturated carbocycles. The van der Waals surface area contributed by atoms with E-state index in [-0.39, 0.29) is 0 Å². The molecule has 0 aliphatic rings. The molecule has 94 valence electrons. The topological polar surface area (TPSA) is 57.4 Å². The van der Waals surface area contributed by atoms with E-state index in [9.17, 15) is 0 Å². The number of methoxy groups -OCH3 is 1. The molecule has 2 N–H and O–H groups in total. The Morgan fingerprint density at radius 1 is 1.17 bits per heavy atom. The van der Waals surface area contributed by atoms with Gasteiger partial charge in [-0.3, -0.25) is 0 Å². The van der Waals surface area contributed by atoms with E-state index in [4.69, 9.17) is 15.2 Å². The van der Waals surface area contributed by atoms with E-state index in [1.165, 1.54) is 0 Å². The molecule has 0 fully saturated rings. The summed E-state index contributed by atoms with van der Waals surface area (Å²) in [5, 5.41) is 0. The van der Waals surface area contributed by atoms with Gasteiger partial charge in [-0.2, -0.15) is 0 Å². The lowest BCUT2D eigenvalue weighted by Crippen LogP contribution is -1.97. The quantitative estimate of drug-likeness (QED) is 0.898. The fourth-order valence-corrected chi connectivity index (χ4v) is 1.56. The van der Waals surface area contributed by atoms with Gasteiger partial charge in [-0.1, -0.05) is 12.1 Å². The molecule has 0 saturated heterocycles. The van der Waals surface area contributed by atoms with Gasteiger partial charge in [-0.25, -0.2) is 4.98 Å². The van der Waals surface area contributed by atoms with Crippen molar-refractivity contribution in [1.29, 1.82) is 0 Å². The fraction of sp³-hybridized carbons (Fsp3) is 0.214. The first-order chi connectivity index (χ1) is 8.72. The van der Waals surface area contributed by atoms with Gasteiger partial charge in [0.1, 0.15) is 0 Å². The minimum absolute atomic E-state index is 0.473. The predicted molar refractivity (Wildman–Crippen MR) is 69.9 cm³/mol. The van der Waals surface area contributed by atoms with Crippen molar-refractivity contribution in [3.05, 3.63) is 47.7 Å². The summed E-state index contributed by atoms with van der Waals surface area (Å²) in [6, 6.07) is 9.44. The second-order valence-corrected chi connectivity index (χ2v) is 3.97. The van der Waals surface area contributed by atoms with Crippen LogP contribution in [0.25, 0.3) is 0 Å². The normalized spacial score (nSPS) is 10.2. The zero-order valence-electron chi connectivity index (χ0n) is 10.5. The Kier molecular flexibility index (Phi) is 3.79. The molecule has 1 heterocycles. The van der Waals surface area contributed by atoms with Crippen LogP contribution in [0, 0.1) is 6.92 Å². The lowest BCUT2D eigenvalue weighted by molar-refractivity contribution is 0.374. The maximum atomic E-state index is 5.68. The zero-order valence-corrected chi connectivity index (χ0v) is 10.5. The molecular formula is C14H16N2O2. The van der Waals surface area contributed by atoms with Gasteiger partial charge in [0.2, 0.25) is 5.88 Å². The molecule has 0 aliphatic heterocycles. The van der Waals surface area contributed by atoms with E-state index in [2.05, 4.69) is 4.98 Å². The van der Waals surface area contributed by atoms with Gasteiger partial charge in [-0.05, 0) is 30.2 Å². The van der Waals surface area contributed by atoms with Gasteiger partial charge in [0.25, 0.3) is 0 Å². The average Bonchev–Trinajstić information content (AvgIpc) is 2.41. The molecule has 0 aliphatic carbocycles. The highest BCUT2D eigenvalue weighted by Crippen LogP contribution is 2.31. The van der Waals surface area contributed by atoms with Crippen molar-refractivity contribution in [3.8, 4) is 17.4 Å². The van der Waals surface area contributed by atoms with E-state index < -0.39 is 0 Å². The monoisotopic (exact) mass is 244 g/mol. The molecule has 0 bridgehead atoms. The lowest BCUT2D eigenvalue weighted by atomic mass is 10.2. The smallest absolute Gasteiger partial charge is 0.219 e. The van der Waals surface area contributed by atoms with E-state index in [1.807, 2.05) is 31.2 Å². The molecule has 4 heteroatoms. The summed E-state index contributed by atoms with van der Waals surface area (Å²) < 4.78 is 10.9. The van der Waals surface area contributed by atoms with Gasteiger partial charge in [0.15, 0.2) is 11.5 Å². The van der Waals surface area contributed by atoms with Crippen LogP contribution in [0.4, 0.5) is 0 Å². The lowest BCUT2D eigenvalue weighted by Gasteiger charge is -2.10. The molecular weight excluding hydrogens is 228 g/mol. The number of hydrogen-bond donors (Lipinski definition) is 1. The summed E-state index contributed by atoms with van der Waals surface area (Å²) in [6.07, 6.45) is 1.70. The second-order valence-electron chi connectivity index (χ2n) is 3.97. The van der Waals surface area contributed by atoms with Crippen molar-refractivity contribution in [2.24, 2.45) is 5.73 Å². The molecule has 1 aromatic carbocycles. The largest absolute Gasteiger partial charge is 0.493 e. The van der Waals surface area contributed by atoms with Crippen LogP contribution in [0.1, 0.15) is 11.1 Å². The number of pyridine rings is 1. The van der Waals surface area contributed by atoms with Crippen molar-refractivity contribution in [2.75, 3.05) is 7.11 Å². The number of benzene rings is 1. The Labute approximate surface area is 106 Å². The van der Waals surface area contributed by atoms with Gasteiger partial charge in [0, 0.05) is 18.8 Å². The van der Waals surface area contributed by atoms with Crippen LogP contribution in [-0.4, -0.2) is 12.1 Å². The van der Waals surface area contributed by atoms with Gasteiger partial charge in [-0.15, -0.1) is 0 Å². The fourth-order valence-electron chi connectivity index (χ4n) is 1.56. The third-order valence-corrected chi connectivity index (χ3v) is 2.57. The van der Waals surface area contributed by atoms with E-state index in [1.54, 1.807) is 19.4 Å². The highest BCUT2D eigenvalue weighted by Gasteiger charge is 2.06. The van der Waals surface area contributed by atoms with Crippen LogP contribution in [0.15, 0.2) is 36.5 Å². The third-order valence-electron chi connectivity index (χ3n) is 2.57. The summed E-state index contributed by atoms with van der Waals surface area (Å²) in [5.74, 6) is 1.87. The van der Waals surface area contributed by atoms with Crippen LogP contribution in [0.3, 0.4) is 0 Å². The molecule has 2 rings (SSSR count). The summed E-state index contributed by atoms with van der Waals surface area (Å²) in [5.41, 5.74) is 7.60. The van der Waals surface area contributed by atoms with Gasteiger partial charge >= 0.3 is 0 Å². The number of nitrogens with zero attached hydrogens (tertiary/aromatic N) is 1. The zero-order chi connectivity index (χ0) is 13.0. The van der Waals surface area contributed by atoms with Crippen LogP contribution in [0.2, 0.25) is 0 Å². The van der Waals surface area contributed by atoms with E-state index in [0.29, 0.717) is 23.9 Å². The molecule has 0 atom stereocenters. The minimum atomic E-state index is 0.473. The Hall–Kier alpha value is -2.07. The van der Waals surface area contributed by atoms with Gasteiger partial charge in [0.05, 0.1) is 7.11 Å². The maximum Gasteiger partial charge on any atom is 0.219 e. The highest BCUT2D eigenvalue weighted by atomic mass is 16.5. The Morgan fingerprint density at radius 3 is 2.61 bits per heavy atom. The molecule has 1 aromatic heterocycles. The van der Waals surface area contributed by atoms with Crippen molar-refractivity contribution < 1.29 is 9.47 Å². The van der Waals surface area contributed by atoms with Crippen LogP contribution in [-0.2, 0) is 6.54 Å². The Balaban J connectivity index is 2.22. The molecule has 0 radical (unpaired) electrons. The molecule has 18 heavy (non-hydrogen) atoms. The second kappa shape index (κ2) is 5.51. The van der Waals surface area contributed by atoms with Crippen molar-refractivity contribution in [3.63, 3.8) is 0 Å². The Bertz CT molecular complexity index is 524. The van der Waals surface area contributed by atoms with Gasteiger partial charge < -0.3 is 15.2 Å². The summed E-state index contributed by atoms with van der Waals surface area (Å²) in [7, 11) is 1.62. The number of aromatic nitrogens is 1. The number of hydrogen-bond acceptors (Lipinski definition) is 4. The number of aryl methyl sites for hydroxylation is 1. The van der Waals surface area contributed by atoms with Crippen LogP contribution in [0.5, 0.6) is 17.4 Å². The van der Waals surface area contributed by atoms with E-state index in [0.717, 1.165) is 11.1 Å². The maximum absolute atomic E-state index is 5.68. The standard InChI is InChI=1S/C14H16N2O2/c1-10-3-5-12(13(7-10)17-2)18-14-6-4-11(8-15)9-16-14/h3-7,9H,8,15H2,1-2H3. The number of ether oxygens (including phenoxy) is 2. The molecule has 0 unspecified atom stereocenters. The van der Waals surface area contributed by atoms with Crippen LogP contribution >= 0.6 is 0 Å². The number of nitrogens with two attached hydrogens (primary N) is 1. The Morgan fingerprint density at radius 2 is 2.00 bits per heavy atom. The summed E-state index contributed by atoms with van der Waals surface area (Å²) >= 11 is 0. The van der Waals surface area contributed by atoms with Crippen LogP contribution < -0.4 is 15.2 Å². The third kappa shape index (κ3) is 2.78. The number of rotatable bonds is 4. The van der Waals surface area contributed by atoms with Crippen molar-refractivity contribution >= 4 is 0 Å². The average molecular weight is 244 g/mol.